The number of benzene rings is 2. The third-order valence-corrected chi connectivity index (χ3v) is 5.18. The number of carbonyl (C=O) groups excluding carboxylic acids is 2. The van der Waals surface area contributed by atoms with Crippen LogP contribution in [0.5, 0.6) is 0 Å². The molecule has 6 heteroatoms. The van der Waals surface area contributed by atoms with Gasteiger partial charge < -0.3 is 10.2 Å². The Bertz CT molecular complexity index is 815. The number of hydrogen-bond acceptors (Lipinski definition) is 2. The van der Waals surface area contributed by atoms with E-state index in [9.17, 15) is 9.59 Å². The molecule has 0 unspecified atom stereocenters. The van der Waals surface area contributed by atoms with Crippen molar-refractivity contribution in [2.75, 3.05) is 18.4 Å². The quantitative estimate of drug-likeness (QED) is 0.776. The first kappa shape index (κ1) is 18.7. The Kier molecular flexibility index (Phi) is 6.17. The zero-order valence-corrected chi connectivity index (χ0v) is 15.8. The average Bonchev–Trinajstić information content (AvgIpc) is 2.93. The molecule has 1 N–H and O–H groups in total. The van der Waals surface area contributed by atoms with E-state index in [4.69, 9.17) is 23.2 Å². The monoisotopic (exact) mass is 390 g/mol. The van der Waals surface area contributed by atoms with E-state index in [1.165, 1.54) is 0 Å². The maximum Gasteiger partial charge on any atom is 0.255 e. The topological polar surface area (TPSA) is 49.4 Å². The third kappa shape index (κ3) is 4.57. The summed E-state index contributed by atoms with van der Waals surface area (Å²) in [6, 6.07) is 11.7. The van der Waals surface area contributed by atoms with E-state index in [1.807, 2.05) is 4.90 Å². The van der Waals surface area contributed by atoms with Crippen molar-refractivity contribution in [2.45, 2.75) is 25.7 Å². The van der Waals surface area contributed by atoms with Crippen LogP contribution in [0, 0.1) is 0 Å². The van der Waals surface area contributed by atoms with E-state index in [0.717, 1.165) is 38.8 Å². The number of nitrogens with zero attached hydrogens (tertiary/aromatic N) is 1. The van der Waals surface area contributed by atoms with Gasteiger partial charge in [0, 0.05) is 29.9 Å². The molecule has 1 aliphatic rings. The van der Waals surface area contributed by atoms with Crippen LogP contribution in [-0.4, -0.2) is 29.8 Å². The zero-order chi connectivity index (χ0) is 18.5. The number of amides is 2. The van der Waals surface area contributed by atoms with Crippen molar-refractivity contribution in [3.63, 3.8) is 0 Å². The van der Waals surface area contributed by atoms with Crippen molar-refractivity contribution >= 4 is 40.7 Å². The van der Waals surface area contributed by atoms with Crippen LogP contribution in [0.15, 0.2) is 42.5 Å². The van der Waals surface area contributed by atoms with Gasteiger partial charge in [0.1, 0.15) is 0 Å². The van der Waals surface area contributed by atoms with Crippen LogP contribution in [-0.2, 0) is 0 Å². The van der Waals surface area contributed by atoms with Gasteiger partial charge >= 0.3 is 0 Å². The van der Waals surface area contributed by atoms with Crippen LogP contribution >= 0.6 is 23.2 Å². The van der Waals surface area contributed by atoms with Crippen LogP contribution in [0.4, 0.5) is 5.69 Å². The summed E-state index contributed by atoms with van der Waals surface area (Å²) in [5.74, 6) is -0.315. The molecule has 0 atom stereocenters. The summed E-state index contributed by atoms with van der Waals surface area (Å²) in [4.78, 5) is 27.1. The fraction of sp³-hybridized carbons (Fsp3) is 0.300. The van der Waals surface area contributed by atoms with Gasteiger partial charge in [-0.25, -0.2) is 0 Å². The molecule has 0 bridgehead atoms. The highest BCUT2D eigenvalue weighted by atomic mass is 35.5. The second-order valence-corrected chi connectivity index (χ2v) is 7.18. The first-order valence-electron chi connectivity index (χ1n) is 8.70. The largest absolute Gasteiger partial charge is 0.339 e. The van der Waals surface area contributed by atoms with Crippen molar-refractivity contribution in [3.05, 3.63) is 63.6 Å². The third-order valence-electron chi connectivity index (χ3n) is 4.44. The Labute approximate surface area is 163 Å². The first-order valence-corrected chi connectivity index (χ1v) is 9.46. The molecule has 2 aromatic carbocycles. The maximum absolute atomic E-state index is 12.7. The highest BCUT2D eigenvalue weighted by molar-refractivity contribution is 6.42. The van der Waals surface area contributed by atoms with Crippen LogP contribution in [0.2, 0.25) is 10.0 Å². The predicted molar refractivity (Wildman–Crippen MR) is 105 cm³/mol. The number of rotatable bonds is 3. The van der Waals surface area contributed by atoms with Gasteiger partial charge in [-0.05, 0) is 49.2 Å². The molecule has 0 saturated carbocycles. The molecule has 1 aliphatic heterocycles. The Balaban J connectivity index is 1.74. The van der Waals surface area contributed by atoms with Crippen molar-refractivity contribution in [3.8, 4) is 0 Å². The van der Waals surface area contributed by atoms with Gasteiger partial charge in [-0.1, -0.05) is 42.1 Å². The second kappa shape index (κ2) is 8.56. The van der Waals surface area contributed by atoms with Gasteiger partial charge in [0.25, 0.3) is 11.8 Å². The molecule has 26 heavy (non-hydrogen) atoms. The average molecular weight is 391 g/mol. The molecule has 2 aromatic rings. The fourth-order valence-electron chi connectivity index (χ4n) is 3.03. The van der Waals surface area contributed by atoms with E-state index < -0.39 is 0 Å². The molecule has 4 nitrogen and oxygen atoms in total. The summed E-state index contributed by atoms with van der Waals surface area (Å²) >= 11 is 11.9. The Hall–Kier alpha value is -2.04. The summed E-state index contributed by atoms with van der Waals surface area (Å²) in [6.07, 6.45) is 4.39. The smallest absolute Gasteiger partial charge is 0.255 e. The summed E-state index contributed by atoms with van der Waals surface area (Å²) in [7, 11) is 0. The molecule has 1 heterocycles. The zero-order valence-electron chi connectivity index (χ0n) is 14.3. The summed E-state index contributed by atoms with van der Waals surface area (Å²) in [6.45, 7) is 1.55. The summed E-state index contributed by atoms with van der Waals surface area (Å²) in [5.41, 5.74) is 1.51. The lowest BCUT2D eigenvalue weighted by Gasteiger charge is -2.20. The molecule has 0 radical (unpaired) electrons. The minimum Gasteiger partial charge on any atom is -0.339 e. The van der Waals surface area contributed by atoms with Crippen molar-refractivity contribution < 1.29 is 9.59 Å². The Morgan fingerprint density at radius 2 is 1.54 bits per heavy atom. The molecule has 0 aliphatic carbocycles. The maximum atomic E-state index is 12.7. The lowest BCUT2D eigenvalue weighted by molar-refractivity contribution is 0.0761. The molecule has 1 saturated heterocycles. The summed E-state index contributed by atoms with van der Waals surface area (Å²) < 4.78 is 0. The molecular weight excluding hydrogens is 371 g/mol. The second-order valence-electron chi connectivity index (χ2n) is 6.37. The van der Waals surface area contributed by atoms with E-state index in [1.54, 1.807) is 42.5 Å². The van der Waals surface area contributed by atoms with Gasteiger partial charge in [0.2, 0.25) is 0 Å². The lowest BCUT2D eigenvalue weighted by atomic mass is 10.1. The first-order chi connectivity index (χ1) is 12.5. The number of anilines is 1. The SMILES string of the molecule is O=C(Nc1ccc(Cl)c(Cl)c1)c1cccc(C(=O)N2CCCCCC2)c1. The number of likely N-dealkylation sites (tertiary alicyclic amines) is 1. The molecule has 2 amide bonds. The number of carbonyl (C=O) groups is 2. The van der Waals surface area contributed by atoms with Crippen LogP contribution in [0.3, 0.4) is 0 Å². The molecule has 136 valence electrons. The Morgan fingerprint density at radius 3 is 2.23 bits per heavy atom. The van der Waals surface area contributed by atoms with Crippen LogP contribution < -0.4 is 5.32 Å². The van der Waals surface area contributed by atoms with Crippen LogP contribution in [0.1, 0.15) is 46.4 Å². The predicted octanol–water partition coefficient (Wildman–Crippen LogP) is 5.26. The molecule has 0 aromatic heterocycles. The number of nitrogens with one attached hydrogen (secondary N) is 1. The molecule has 3 rings (SSSR count). The van der Waals surface area contributed by atoms with Gasteiger partial charge in [0.15, 0.2) is 0 Å². The van der Waals surface area contributed by atoms with Crippen molar-refractivity contribution in [2.24, 2.45) is 0 Å². The minimum atomic E-state index is -0.297. The minimum absolute atomic E-state index is 0.0175. The van der Waals surface area contributed by atoms with Gasteiger partial charge in [0.05, 0.1) is 10.0 Å². The normalized spacial score (nSPS) is 14.6. The summed E-state index contributed by atoms with van der Waals surface area (Å²) in [5, 5.41) is 3.57. The van der Waals surface area contributed by atoms with Crippen LogP contribution in [0.25, 0.3) is 0 Å². The van der Waals surface area contributed by atoms with Gasteiger partial charge in [-0.2, -0.15) is 0 Å². The van der Waals surface area contributed by atoms with Gasteiger partial charge in [-0.3, -0.25) is 9.59 Å². The van der Waals surface area contributed by atoms with Crippen molar-refractivity contribution in [1.82, 2.24) is 4.90 Å². The molecule has 1 fully saturated rings. The van der Waals surface area contributed by atoms with Gasteiger partial charge in [-0.15, -0.1) is 0 Å². The standard InChI is InChI=1S/C20H20Cl2N2O2/c21-17-9-8-16(13-18(17)22)23-19(25)14-6-5-7-15(12-14)20(26)24-10-3-1-2-4-11-24/h5-9,12-13H,1-4,10-11H2,(H,23,25). The number of hydrogen-bond donors (Lipinski definition) is 1. The van der Waals surface area contributed by atoms with E-state index in [2.05, 4.69) is 5.32 Å². The van der Waals surface area contributed by atoms with E-state index in [0.29, 0.717) is 26.9 Å². The highest BCUT2D eigenvalue weighted by Gasteiger charge is 2.18. The fourth-order valence-corrected chi connectivity index (χ4v) is 3.33. The molecular formula is C20H20Cl2N2O2. The van der Waals surface area contributed by atoms with E-state index in [-0.39, 0.29) is 11.8 Å². The van der Waals surface area contributed by atoms with Crippen molar-refractivity contribution in [1.29, 1.82) is 0 Å². The molecule has 0 spiro atoms. The van der Waals surface area contributed by atoms with E-state index >= 15 is 0 Å². The Morgan fingerprint density at radius 1 is 0.846 bits per heavy atom. The lowest BCUT2D eigenvalue weighted by Crippen LogP contribution is -2.32. The number of halogens is 2. The highest BCUT2D eigenvalue weighted by Crippen LogP contribution is 2.25.